The summed E-state index contributed by atoms with van der Waals surface area (Å²) >= 11 is 4.62. The zero-order valence-corrected chi connectivity index (χ0v) is 8.54. The molecule has 0 amide bonds. The molecule has 0 aliphatic rings. The molecule has 1 heterocycles. The SMILES string of the molecule is Cc1sc(C(=O)O)c(C)c1Br. The lowest BCUT2D eigenvalue weighted by molar-refractivity contribution is 0.0701. The van der Waals surface area contributed by atoms with Crippen LogP contribution in [0.4, 0.5) is 0 Å². The van der Waals surface area contributed by atoms with Crippen molar-refractivity contribution in [3.63, 3.8) is 0 Å². The number of aromatic carboxylic acids is 1. The van der Waals surface area contributed by atoms with Gasteiger partial charge in [0, 0.05) is 9.35 Å². The van der Waals surface area contributed by atoms with Gasteiger partial charge in [-0.2, -0.15) is 0 Å². The van der Waals surface area contributed by atoms with Crippen LogP contribution in [0.2, 0.25) is 0 Å². The molecule has 0 atom stereocenters. The van der Waals surface area contributed by atoms with E-state index in [9.17, 15) is 4.79 Å². The van der Waals surface area contributed by atoms with Crippen molar-refractivity contribution in [3.8, 4) is 0 Å². The van der Waals surface area contributed by atoms with Gasteiger partial charge in [0.1, 0.15) is 4.88 Å². The second-order valence-electron chi connectivity index (χ2n) is 2.23. The van der Waals surface area contributed by atoms with E-state index >= 15 is 0 Å². The Morgan fingerprint density at radius 3 is 2.27 bits per heavy atom. The average molecular weight is 235 g/mol. The van der Waals surface area contributed by atoms with Crippen LogP contribution in [0.25, 0.3) is 0 Å². The lowest BCUT2D eigenvalue weighted by Gasteiger charge is -1.89. The summed E-state index contributed by atoms with van der Waals surface area (Å²) in [4.78, 5) is 12.0. The lowest BCUT2D eigenvalue weighted by atomic mass is 10.3. The van der Waals surface area contributed by atoms with Gasteiger partial charge in [-0.25, -0.2) is 4.79 Å². The fourth-order valence-corrected chi connectivity index (χ4v) is 2.31. The molecule has 0 aromatic carbocycles. The number of hydrogen-bond donors (Lipinski definition) is 1. The molecule has 0 spiro atoms. The van der Waals surface area contributed by atoms with E-state index in [1.54, 1.807) is 6.92 Å². The highest BCUT2D eigenvalue weighted by Gasteiger charge is 2.14. The molecule has 0 saturated carbocycles. The minimum atomic E-state index is -0.846. The number of halogens is 1. The Labute approximate surface area is 77.0 Å². The fourth-order valence-electron chi connectivity index (χ4n) is 0.842. The van der Waals surface area contributed by atoms with Crippen molar-refractivity contribution in [2.75, 3.05) is 0 Å². The lowest BCUT2D eigenvalue weighted by Crippen LogP contribution is -1.93. The first-order chi connectivity index (χ1) is 5.04. The van der Waals surface area contributed by atoms with Crippen molar-refractivity contribution in [3.05, 3.63) is 19.8 Å². The Balaban J connectivity index is 3.29. The minimum Gasteiger partial charge on any atom is -0.477 e. The number of carboxylic acids is 1. The van der Waals surface area contributed by atoms with Gasteiger partial charge in [0.05, 0.1) is 0 Å². The molecule has 60 valence electrons. The van der Waals surface area contributed by atoms with Crippen molar-refractivity contribution >= 4 is 33.2 Å². The van der Waals surface area contributed by atoms with E-state index in [1.807, 2.05) is 6.92 Å². The predicted octanol–water partition coefficient (Wildman–Crippen LogP) is 2.83. The predicted molar refractivity (Wildman–Crippen MR) is 48.5 cm³/mol. The Morgan fingerprint density at radius 2 is 2.09 bits per heavy atom. The quantitative estimate of drug-likeness (QED) is 0.812. The van der Waals surface area contributed by atoms with Crippen LogP contribution < -0.4 is 0 Å². The highest BCUT2D eigenvalue weighted by atomic mass is 79.9. The zero-order chi connectivity index (χ0) is 8.59. The number of carbonyl (C=O) groups is 1. The van der Waals surface area contributed by atoms with E-state index in [4.69, 9.17) is 5.11 Å². The second kappa shape index (κ2) is 2.95. The maximum absolute atomic E-state index is 10.6. The van der Waals surface area contributed by atoms with Crippen LogP contribution in [-0.2, 0) is 0 Å². The molecule has 0 bridgehead atoms. The highest BCUT2D eigenvalue weighted by molar-refractivity contribution is 9.10. The van der Waals surface area contributed by atoms with Gasteiger partial charge in [-0.15, -0.1) is 11.3 Å². The number of hydrogen-bond acceptors (Lipinski definition) is 2. The number of rotatable bonds is 1. The van der Waals surface area contributed by atoms with Crippen LogP contribution in [0.3, 0.4) is 0 Å². The van der Waals surface area contributed by atoms with Gasteiger partial charge in [-0.05, 0) is 35.3 Å². The standard InChI is InChI=1S/C7H7BrO2S/c1-3-5(8)4(2)11-6(3)7(9)10/h1-2H3,(H,9,10). The van der Waals surface area contributed by atoms with Crippen molar-refractivity contribution in [2.45, 2.75) is 13.8 Å². The van der Waals surface area contributed by atoms with Crippen molar-refractivity contribution < 1.29 is 9.90 Å². The van der Waals surface area contributed by atoms with Gasteiger partial charge in [0.2, 0.25) is 0 Å². The number of thiophene rings is 1. The van der Waals surface area contributed by atoms with Crippen LogP contribution in [0.1, 0.15) is 20.1 Å². The van der Waals surface area contributed by atoms with E-state index in [-0.39, 0.29) is 0 Å². The number of carboxylic acid groups (broad SMARTS) is 1. The van der Waals surface area contributed by atoms with E-state index in [0.717, 1.165) is 14.9 Å². The second-order valence-corrected chi connectivity index (χ2v) is 4.25. The topological polar surface area (TPSA) is 37.3 Å². The maximum Gasteiger partial charge on any atom is 0.346 e. The highest BCUT2D eigenvalue weighted by Crippen LogP contribution is 2.31. The van der Waals surface area contributed by atoms with Gasteiger partial charge in [-0.3, -0.25) is 0 Å². The molecule has 11 heavy (non-hydrogen) atoms. The van der Waals surface area contributed by atoms with Gasteiger partial charge in [0.25, 0.3) is 0 Å². The van der Waals surface area contributed by atoms with Gasteiger partial charge < -0.3 is 5.11 Å². The Hall–Kier alpha value is -0.350. The third-order valence-corrected chi connectivity index (χ3v) is 4.08. The summed E-state index contributed by atoms with van der Waals surface area (Å²) in [5.74, 6) is -0.846. The van der Waals surface area contributed by atoms with Crippen LogP contribution in [0.15, 0.2) is 4.47 Å². The molecule has 2 nitrogen and oxygen atoms in total. The summed E-state index contributed by atoms with van der Waals surface area (Å²) in [6, 6.07) is 0. The Morgan fingerprint density at radius 1 is 1.55 bits per heavy atom. The maximum atomic E-state index is 10.6. The first kappa shape index (κ1) is 8.74. The van der Waals surface area contributed by atoms with Crippen molar-refractivity contribution in [1.82, 2.24) is 0 Å². The molecule has 0 aliphatic carbocycles. The molecule has 0 saturated heterocycles. The molecular formula is C7H7BrO2S. The van der Waals surface area contributed by atoms with Gasteiger partial charge in [0.15, 0.2) is 0 Å². The van der Waals surface area contributed by atoms with Crippen molar-refractivity contribution in [1.29, 1.82) is 0 Å². The minimum absolute atomic E-state index is 0.425. The summed E-state index contributed by atoms with van der Waals surface area (Å²) in [7, 11) is 0. The largest absolute Gasteiger partial charge is 0.477 e. The molecule has 1 aromatic heterocycles. The average Bonchev–Trinajstić information content (AvgIpc) is 2.17. The third-order valence-electron chi connectivity index (χ3n) is 1.43. The molecule has 1 rings (SSSR count). The Kier molecular flexibility index (Phi) is 2.34. The third kappa shape index (κ3) is 1.46. The van der Waals surface area contributed by atoms with E-state index in [2.05, 4.69) is 15.9 Å². The normalized spacial score (nSPS) is 10.1. The number of aryl methyl sites for hydroxylation is 1. The molecule has 1 N–H and O–H groups in total. The molecule has 0 radical (unpaired) electrons. The molecule has 1 aromatic rings. The van der Waals surface area contributed by atoms with Crippen LogP contribution in [0, 0.1) is 13.8 Å². The summed E-state index contributed by atoms with van der Waals surface area (Å²) in [5.41, 5.74) is 0.819. The molecule has 0 fully saturated rings. The fraction of sp³-hybridized carbons (Fsp3) is 0.286. The van der Waals surface area contributed by atoms with Crippen LogP contribution >= 0.6 is 27.3 Å². The first-order valence-electron chi connectivity index (χ1n) is 3.02. The molecule has 0 unspecified atom stereocenters. The summed E-state index contributed by atoms with van der Waals surface area (Å²) in [5, 5.41) is 8.69. The van der Waals surface area contributed by atoms with E-state index in [1.165, 1.54) is 11.3 Å². The zero-order valence-electron chi connectivity index (χ0n) is 6.14. The van der Waals surface area contributed by atoms with Crippen LogP contribution in [0.5, 0.6) is 0 Å². The van der Waals surface area contributed by atoms with Crippen molar-refractivity contribution in [2.24, 2.45) is 0 Å². The summed E-state index contributed by atoms with van der Waals surface area (Å²) in [6.45, 7) is 3.70. The first-order valence-corrected chi connectivity index (χ1v) is 4.63. The summed E-state index contributed by atoms with van der Waals surface area (Å²) < 4.78 is 0.917. The van der Waals surface area contributed by atoms with Gasteiger partial charge >= 0.3 is 5.97 Å². The molecule has 0 aliphatic heterocycles. The molecule has 4 heteroatoms. The summed E-state index contributed by atoms with van der Waals surface area (Å²) in [6.07, 6.45) is 0. The van der Waals surface area contributed by atoms with E-state index < -0.39 is 5.97 Å². The van der Waals surface area contributed by atoms with Gasteiger partial charge in [-0.1, -0.05) is 0 Å². The molecular weight excluding hydrogens is 228 g/mol. The Bertz CT molecular complexity index is 304. The smallest absolute Gasteiger partial charge is 0.346 e. The van der Waals surface area contributed by atoms with E-state index in [0.29, 0.717) is 4.88 Å². The monoisotopic (exact) mass is 234 g/mol. The van der Waals surface area contributed by atoms with Crippen LogP contribution in [-0.4, -0.2) is 11.1 Å².